The average Bonchev–Trinajstić information content (AvgIpc) is 3.41. The monoisotopic (exact) mass is 762 g/mol. The van der Waals surface area contributed by atoms with Crippen LogP contribution in [0.4, 0.5) is 5.69 Å². The molecule has 3 aromatic rings. The second kappa shape index (κ2) is 16.0. The Hall–Kier alpha value is -3.04. The molecular formula is C43H56Cl2N4O4. The van der Waals surface area contributed by atoms with E-state index in [4.69, 9.17) is 32.7 Å². The Labute approximate surface area is 325 Å². The van der Waals surface area contributed by atoms with Crippen LogP contribution in [-0.4, -0.2) is 83.9 Å². The van der Waals surface area contributed by atoms with E-state index in [-0.39, 0.29) is 11.5 Å². The molecule has 0 radical (unpaired) electrons. The molecule has 2 N–H and O–H groups in total. The van der Waals surface area contributed by atoms with Crippen molar-refractivity contribution >= 4 is 34.9 Å². The highest BCUT2D eigenvalue weighted by molar-refractivity contribution is 6.32. The summed E-state index contributed by atoms with van der Waals surface area (Å²) in [4.78, 5) is 22.6. The van der Waals surface area contributed by atoms with Gasteiger partial charge in [-0.05, 0) is 142 Å². The van der Waals surface area contributed by atoms with Crippen LogP contribution < -0.4 is 14.8 Å². The maximum Gasteiger partial charge on any atom is 0.329 e. The molecule has 0 amide bonds. The van der Waals surface area contributed by atoms with Crippen molar-refractivity contribution in [1.29, 1.82) is 0 Å². The molecule has 10 heteroatoms. The van der Waals surface area contributed by atoms with Crippen molar-refractivity contribution in [3.63, 3.8) is 0 Å². The number of nitrogens with one attached hydrogen (secondary N) is 1. The molecule has 3 aliphatic carbocycles. The fraction of sp³-hybridized carbons (Fsp3) is 0.581. The molecule has 2 fully saturated rings. The Balaban J connectivity index is 1.13. The number of carbonyl (C=O) groups is 1. The zero-order valence-corrected chi connectivity index (χ0v) is 33.3. The van der Waals surface area contributed by atoms with Crippen molar-refractivity contribution < 1.29 is 19.4 Å². The van der Waals surface area contributed by atoms with Crippen molar-refractivity contribution in [3.05, 3.63) is 81.1 Å². The summed E-state index contributed by atoms with van der Waals surface area (Å²) in [6.07, 6.45) is 9.60. The third-order valence-corrected chi connectivity index (χ3v) is 13.5. The van der Waals surface area contributed by atoms with E-state index in [1.165, 1.54) is 35.2 Å². The van der Waals surface area contributed by atoms with Crippen molar-refractivity contribution in [2.45, 2.75) is 101 Å². The number of anilines is 1. The second-order valence-corrected chi connectivity index (χ2v) is 17.5. The van der Waals surface area contributed by atoms with Crippen LogP contribution >= 0.6 is 23.2 Å². The summed E-state index contributed by atoms with van der Waals surface area (Å²) in [5.74, 6) is 1.95. The molecule has 1 aliphatic heterocycles. The number of rotatable bonds is 12. The number of hydrogen-bond acceptors (Lipinski definition) is 7. The molecule has 7 rings (SSSR count). The van der Waals surface area contributed by atoms with Crippen molar-refractivity contribution in [1.82, 2.24) is 14.8 Å². The first-order chi connectivity index (χ1) is 25.5. The van der Waals surface area contributed by atoms with E-state index in [0.717, 1.165) is 75.5 Å². The Kier molecular flexibility index (Phi) is 11.5. The minimum Gasteiger partial charge on any atom is -0.493 e. The molecule has 1 spiro atoms. The number of carboxylic acid groups (broad SMARTS) is 1. The van der Waals surface area contributed by atoms with Gasteiger partial charge in [-0.2, -0.15) is 0 Å². The summed E-state index contributed by atoms with van der Waals surface area (Å²) >= 11 is 13.3. The topological polar surface area (TPSA) is 87.2 Å². The minimum absolute atomic E-state index is 0.200. The number of piperazine rings is 1. The standard InChI is InChI=1S/C43H56Cl2N4O4/c1-28(26-52-38-11-16-46-37-10-5-7-29(2)40(37)38)21-32-22-31-23-36(45)39(53-27-30(3)49-19-17-48(4)18-20-49)25-35(31)42(32)12-14-43(15-13-42,41(50)51)47-34-9-6-8-33(44)24-34/h6,8-9,11,16,23-25,28-30,32,47H,5,7,10,12-15,17-22,26-27H2,1-4H3,(H,50,51)/t28-,29-,30?,32+,42?,43?/m1/s1. The molecule has 4 aliphatic rings. The van der Waals surface area contributed by atoms with Gasteiger partial charge in [0, 0.05) is 60.4 Å². The third kappa shape index (κ3) is 8.03. The van der Waals surface area contributed by atoms with Gasteiger partial charge in [0.1, 0.15) is 23.6 Å². The predicted octanol–water partition coefficient (Wildman–Crippen LogP) is 8.87. The Morgan fingerprint density at radius 1 is 1.02 bits per heavy atom. The first-order valence-electron chi connectivity index (χ1n) is 19.7. The van der Waals surface area contributed by atoms with Gasteiger partial charge in [-0.15, -0.1) is 0 Å². The number of aliphatic carboxylic acids is 1. The number of aromatic nitrogens is 1. The molecule has 286 valence electrons. The molecule has 1 saturated carbocycles. The molecule has 4 atom stereocenters. The summed E-state index contributed by atoms with van der Waals surface area (Å²) in [6.45, 7) is 12.2. The maximum absolute atomic E-state index is 13.1. The molecule has 1 aromatic heterocycles. The van der Waals surface area contributed by atoms with Crippen LogP contribution in [0.25, 0.3) is 0 Å². The van der Waals surface area contributed by atoms with Gasteiger partial charge in [-0.3, -0.25) is 9.88 Å². The van der Waals surface area contributed by atoms with Gasteiger partial charge in [0.25, 0.3) is 0 Å². The summed E-state index contributed by atoms with van der Waals surface area (Å²) in [5.41, 5.74) is 4.45. The lowest BCUT2D eigenvalue weighted by molar-refractivity contribution is -0.144. The number of fused-ring (bicyclic) bond motifs is 3. The Bertz CT molecular complexity index is 1770. The van der Waals surface area contributed by atoms with E-state index < -0.39 is 11.5 Å². The average molecular weight is 764 g/mol. The predicted molar refractivity (Wildman–Crippen MR) is 213 cm³/mol. The van der Waals surface area contributed by atoms with E-state index in [0.29, 0.717) is 53.9 Å². The molecular weight excluding hydrogens is 707 g/mol. The number of likely N-dealkylation sites (N-methyl/N-ethyl adjacent to an activating group) is 1. The van der Waals surface area contributed by atoms with Crippen LogP contribution in [-0.2, 0) is 23.1 Å². The van der Waals surface area contributed by atoms with E-state index >= 15 is 0 Å². The zero-order chi connectivity index (χ0) is 37.3. The van der Waals surface area contributed by atoms with Crippen LogP contribution in [0.15, 0.2) is 48.7 Å². The van der Waals surface area contributed by atoms with Crippen molar-refractivity contribution in [2.75, 3.05) is 51.8 Å². The molecule has 2 aromatic carbocycles. The number of hydrogen-bond donors (Lipinski definition) is 2. The third-order valence-electron chi connectivity index (χ3n) is 13.0. The summed E-state index contributed by atoms with van der Waals surface area (Å²) in [5, 5.41) is 15.3. The van der Waals surface area contributed by atoms with Crippen molar-refractivity contribution in [3.8, 4) is 11.5 Å². The molecule has 1 unspecified atom stereocenters. The SMILES string of the molecule is CC(COc1cc2c(cc1Cl)C[C@H](C[C@@H](C)COc1ccnc3c1[C@H](C)CCC3)C21CCC(Nc2cccc(Cl)c2)(C(=O)O)CC1)N1CCN(C)CC1. The lowest BCUT2D eigenvalue weighted by Crippen LogP contribution is -2.53. The number of carboxylic acids is 1. The highest BCUT2D eigenvalue weighted by Gasteiger charge is 2.54. The molecule has 2 heterocycles. The zero-order valence-electron chi connectivity index (χ0n) is 31.8. The van der Waals surface area contributed by atoms with Gasteiger partial charge in [0.15, 0.2) is 0 Å². The highest BCUT2D eigenvalue weighted by Crippen LogP contribution is 2.57. The van der Waals surface area contributed by atoms with E-state index in [1.807, 2.05) is 30.5 Å². The van der Waals surface area contributed by atoms with Crippen LogP contribution in [0.5, 0.6) is 11.5 Å². The number of halogens is 2. The maximum atomic E-state index is 13.1. The Morgan fingerprint density at radius 3 is 2.51 bits per heavy atom. The van der Waals surface area contributed by atoms with Gasteiger partial charge in [-0.1, -0.05) is 43.1 Å². The molecule has 0 bridgehead atoms. The molecule has 1 saturated heterocycles. The van der Waals surface area contributed by atoms with Crippen LogP contribution in [0.3, 0.4) is 0 Å². The fourth-order valence-electron chi connectivity index (χ4n) is 9.80. The normalized spacial score (nSPS) is 27.1. The first kappa shape index (κ1) is 38.2. The summed E-state index contributed by atoms with van der Waals surface area (Å²) in [7, 11) is 2.17. The van der Waals surface area contributed by atoms with Gasteiger partial charge in [0.05, 0.1) is 11.6 Å². The van der Waals surface area contributed by atoms with Gasteiger partial charge in [-0.25, -0.2) is 4.79 Å². The number of nitrogens with zero attached hydrogens (tertiary/aromatic N) is 3. The summed E-state index contributed by atoms with van der Waals surface area (Å²) < 4.78 is 13.1. The first-order valence-corrected chi connectivity index (χ1v) is 20.5. The number of ether oxygens (including phenoxy) is 2. The van der Waals surface area contributed by atoms with E-state index in [1.54, 1.807) is 6.07 Å². The number of pyridine rings is 1. The second-order valence-electron chi connectivity index (χ2n) is 16.6. The number of aryl methyl sites for hydroxylation is 1. The number of benzene rings is 2. The largest absolute Gasteiger partial charge is 0.493 e. The molecule has 8 nitrogen and oxygen atoms in total. The van der Waals surface area contributed by atoms with E-state index in [9.17, 15) is 9.90 Å². The fourth-order valence-corrected chi connectivity index (χ4v) is 10.2. The quantitative estimate of drug-likeness (QED) is 0.189. The lowest BCUT2D eigenvalue weighted by Gasteiger charge is -2.47. The highest BCUT2D eigenvalue weighted by atomic mass is 35.5. The van der Waals surface area contributed by atoms with Crippen LogP contribution in [0, 0.1) is 11.8 Å². The molecule has 53 heavy (non-hydrogen) atoms. The van der Waals surface area contributed by atoms with Gasteiger partial charge < -0.3 is 24.8 Å². The Morgan fingerprint density at radius 2 is 1.77 bits per heavy atom. The minimum atomic E-state index is -1.08. The van der Waals surface area contributed by atoms with Crippen LogP contribution in [0.1, 0.15) is 94.0 Å². The lowest BCUT2D eigenvalue weighted by atomic mass is 9.59. The summed E-state index contributed by atoms with van der Waals surface area (Å²) in [6, 6.07) is 14.0. The smallest absolute Gasteiger partial charge is 0.329 e. The van der Waals surface area contributed by atoms with Gasteiger partial charge >= 0.3 is 5.97 Å². The van der Waals surface area contributed by atoms with Gasteiger partial charge in [0.2, 0.25) is 0 Å². The van der Waals surface area contributed by atoms with Crippen molar-refractivity contribution in [2.24, 2.45) is 11.8 Å². The van der Waals surface area contributed by atoms with E-state index in [2.05, 4.69) is 60.1 Å². The van der Waals surface area contributed by atoms with Crippen LogP contribution in [0.2, 0.25) is 10.0 Å².